The molecule has 214 valence electrons. The molecule has 0 aliphatic rings. The fourth-order valence-electron chi connectivity index (χ4n) is 4.20. The molecule has 0 amide bonds. The Kier molecular flexibility index (Phi) is 9.23. The van der Waals surface area contributed by atoms with E-state index in [4.69, 9.17) is 9.47 Å². The monoisotopic (exact) mass is 569 g/mol. The Labute approximate surface area is 232 Å². The van der Waals surface area contributed by atoms with Crippen molar-refractivity contribution < 1.29 is 41.8 Å². The van der Waals surface area contributed by atoms with Crippen LogP contribution in [0.25, 0.3) is 10.9 Å². The number of anilines is 1. The number of esters is 3. The van der Waals surface area contributed by atoms with Gasteiger partial charge in [-0.05, 0) is 53.9 Å². The molecule has 41 heavy (non-hydrogen) atoms. The normalized spacial score (nSPS) is 12.0. The molecule has 0 fully saturated rings. The summed E-state index contributed by atoms with van der Waals surface area (Å²) in [5, 5.41) is 3.88. The molecule has 0 aliphatic heterocycles. The lowest BCUT2D eigenvalue weighted by Gasteiger charge is -2.17. The van der Waals surface area contributed by atoms with E-state index >= 15 is 0 Å². The predicted molar refractivity (Wildman–Crippen MR) is 143 cm³/mol. The summed E-state index contributed by atoms with van der Waals surface area (Å²) in [6, 6.07) is 16.9. The number of nitrogens with zero attached hydrogens (tertiary/aromatic N) is 1. The number of carbonyl (C=O) groups excluding carboxylic acids is 3. The molecule has 2 aromatic carbocycles. The van der Waals surface area contributed by atoms with Crippen molar-refractivity contribution in [3.05, 3.63) is 89.7 Å². The predicted octanol–water partition coefficient (Wildman–Crippen LogP) is 5.38. The van der Waals surface area contributed by atoms with Crippen LogP contribution in [0.4, 0.5) is 19.0 Å². The summed E-state index contributed by atoms with van der Waals surface area (Å²) >= 11 is 0. The van der Waals surface area contributed by atoms with E-state index in [1.807, 2.05) is 18.2 Å². The fraction of sp³-hybridized carbons (Fsp3) is 0.241. The Morgan fingerprint density at radius 3 is 2.51 bits per heavy atom. The third-order valence-electron chi connectivity index (χ3n) is 6.16. The third kappa shape index (κ3) is 7.62. The van der Waals surface area contributed by atoms with Crippen molar-refractivity contribution in [1.29, 1.82) is 0 Å². The minimum absolute atomic E-state index is 0.251. The number of nitrogens with one attached hydrogen (secondary N) is 2. The molecule has 2 aromatic heterocycles. The van der Waals surface area contributed by atoms with E-state index < -0.39 is 36.4 Å². The first-order valence-corrected chi connectivity index (χ1v) is 12.5. The maximum Gasteiger partial charge on any atom is 0.491 e. The molecule has 0 aliphatic carbocycles. The number of halogens is 3. The first-order valence-electron chi connectivity index (χ1n) is 12.5. The van der Waals surface area contributed by atoms with E-state index in [1.54, 1.807) is 42.7 Å². The minimum atomic E-state index is -5.31. The Balaban J connectivity index is 1.50. The highest BCUT2D eigenvalue weighted by molar-refractivity contribution is 5.91. The quantitative estimate of drug-likeness (QED) is 0.140. The second kappa shape index (κ2) is 13.0. The lowest BCUT2D eigenvalue weighted by atomic mass is 9.88. The number of aromatic nitrogens is 2. The van der Waals surface area contributed by atoms with Gasteiger partial charge in [-0.25, -0.2) is 14.6 Å². The third-order valence-corrected chi connectivity index (χ3v) is 6.16. The topological polar surface area (TPSA) is 120 Å². The smallest absolute Gasteiger partial charge is 0.491 e. The zero-order valence-corrected chi connectivity index (χ0v) is 21.9. The van der Waals surface area contributed by atoms with Crippen molar-refractivity contribution in [2.45, 2.75) is 24.9 Å². The Bertz CT molecular complexity index is 1500. The number of hydrogen-bond donors (Lipinski definition) is 2. The summed E-state index contributed by atoms with van der Waals surface area (Å²) in [7, 11) is 1.23. The molecule has 4 rings (SSSR count). The highest BCUT2D eigenvalue weighted by Gasteiger charge is 2.42. The Morgan fingerprint density at radius 1 is 1.05 bits per heavy atom. The van der Waals surface area contributed by atoms with E-state index in [0.717, 1.165) is 5.82 Å². The van der Waals surface area contributed by atoms with Gasteiger partial charge in [0.05, 0.1) is 25.7 Å². The number of carbonyl (C=O) groups is 3. The van der Waals surface area contributed by atoms with Crippen LogP contribution in [0.15, 0.2) is 73.1 Å². The highest BCUT2D eigenvalue weighted by atomic mass is 19.4. The number of aromatic amines is 1. The van der Waals surface area contributed by atoms with Gasteiger partial charge in [0.1, 0.15) is 11.6 Å². The van der Waals surface area contributed by atoms with Gasteiger partial charge in [-0.2, -0.15) is 13.2 Å². The van der Waals surface area contributed by atoms with Crippen molar-refractivity contribution in [3.63, 3.8) is 0 Å². The van der Waals surface area contributed by atoms with Crippen LogP contribution in [0.1, 0.15) is 40.2 Å². The van der Waals surface area contributed by atoms with Crippen molar-refractivity contribution in [1.82, 2.24) is 9.97 Å². The first-order chi connectivity index (χ1) is 19.7. The fourth-order valence-corrected chi connectivity index (χ4v) is 4.20. The van der Waals surface area contributed by atoms with Gasteiger partial charge in [-0.1, -0.05) is 18.2 Å². The number of fused-ring (bicyclic) bond motifs is 1. The van der Waals surface area contributed by atoms with Crippen molar-refractivity contribution in [3.8, 4) is 5.75 Å². The molecule has 0 saturated carbocycles. The van der Waals surface area contributed by atoms with Crippen molar-refractivity contribution in [2.24, 2.45) is 0 Å². The zero-order chi connectivity index (χ0) is 29.4. The second-order valence-corrected chi connectivity index (χ2v) is 8.92. The number of hydrogen-bond acceptors (Lipinski definition) is 8. The lowest BCUT2D eigenvalue weighted by Crippen LogP contribution is -2.28. The molecule has 4 aromatic rings. The SMILES string of the molecule is COC(=O)c1ccc(C(CC(=O)OC(=O)C(F)(F)F)c2c[nH]c3cc(OCCCNc4ccccn4)ccc23)cc1. The molecule has 0 bridgehead atoms. The summed E-state index contributed by atoms with van der Waals surface area (Å²) < 4.78 is 52.6. The number of H-pyrrole nitrogens is 1. The van der Waals surface area contributed by atoms with Crippen LogP contribution in [0.5, 0.6) is 5.75 Å². The van der Waals surface area contributed by atoms with Crippen LogP contribution in [-0.2, 0) is 19.1 Å². The minimum Gasteiger partial charge on any atom is -0.493 e. The Morgan fingerprint density at radius 2 is 1.83 bits per heavy atom. The average molecular weight is 570 g/mol. The molecule has 12 heteroatoms. The number of pyridine rings is 1. The van der Waals surface area contributed by atoms with Gasteiger partial charge in [-0.15, -0.1) is 0 Å². The van der Waals surface area contributed by atoms with Crippen LogP contribution in [0.3, 0.4) is 0 Å². The summed E-state index contributed by atoms with van der Waals surface area (Å²) in [6.45, 7) is 1.10. The van der Waals surface area contributed by atoms with E-state index in [-0.39, 0.29) is 5.56 Å². The van der Waals surface area contributed by atoms with E-state index in [0.29, 0.717) is 47.4 Å². The van der Waals surface area contributed by atoms with Gasteiger partial charge in [0, 0.05) is 41.8 Å². The van der Waals surface area contributed by atoms with Gasteiger partial charge in [0.15, 0.2) is 0 Å². The summed E-state index contributed by atoms with van der Waals surface area (Å²) in [5.74, 6) is -3.93. The van der Waals surface area contributed by atoms with Gasteiger partial charge in [0.25, 0.3) is 0 Å². The summed E-state index contributed by atoms with van der Waals surface area (Å²) in [5.41, 5.74) is 2.00. The number of benzene rings is 2. The number of alkyl halides is 3. The number of methoxy groups -OCH3 is 1. The van der Waals surface area contributed by atoms with Crippen LogP contribution < -0.4 is 10.1 Å². The molecular formula is C29H26F3N3O6. The summed E-state index contributed by atoms with van der Waals surface area (Å²) in [6.07, 6.45) is -1.82. The lowest BCUT2D eigenvalue weighted by molar-refractivity contribution is -0.201. The molecular weight excluding hydrogens is 543 g/mol. The van der Waals surface area contributed by atoms with Crippen molar-refractivity contribution in [2.75, 3.05) is 25.6 Å². The Hall–Kier alpha value is -4.87. The molecule has 1 unspecified atom stereocenters. The molecule has 0 spiro atoms. The van der Waals surface area contributed by atoms with Crippen LogP contribution in [-0.4, -0.2) is 54.3 Å². The molecule has 2 heterocycles. The van der Waals surface area contributed by atoms with E-state index in [2.05, 4.69) is 20.0 Å². The molecule has 0 saturated heterocycles. The first kappa shape index (κ1) is 29.1. The van der Waals surface area contributed by atoms with Gasteiger partial charge >= 0.3 is 24.1 Å². The van der Waals surface area contributed by atoms with Crippen LogP contribution >= 0.6 is 0 Å². The molecule has 9 nitrogen and oxygen atoms in total. The van der Waals surface area contributed by atoms with Crippen LogP contribution in [0, 0.1) is 0 Å². The average Bonchev–Trinajstić information content (AvgIpc) is 3.38. The molecule has 2 N–H and O–H groups in total. The highest BCUT2D eigenvalue weighted by Crippen LogP contribution is 2.35. The largest absolute Gasteiger partial charge is 0.493 e. The number of rotatable bonds is 11. The molecule has 0 radical (unpaired) electrons. The van der Waals surface area contributed by atoms with Gasteiger partial charge in [-0.3, -0.25) is 4.79 Å². The number of ether oxygens (including phenoxy) is 3. The van der Waals surface area contributed by atoms with E-state index in [1.165, 1.54) is 19.2 Å². The van der Waals surface area contributed by atoms with E-state index in [9.17, 15) is 27.6 Å². The standard InChI is InChI=1S/C29H26F3N3O6/c1-39-27(37)19-8-6-18(7-9-19)22(16-26(36)41-28(38)29(30,31)32)23-17-35-24-15-20(10-11-21(23)24)40-14-4-13-34-25-5-2-3-12-33-25/h2-3,5-12,15,17,22,35H,4,13-14,16H2,1H3,(H,33,34). The van der Waals surface area contributed by atoms with Crippen LogP contribution in [0.2, 0.25) is 0 Å². The summed E-state index contributed by atoms with van der Waals surface area (Å²) in [4.78, 5) is 42.8. The van der Waals surface area contributed by atoms with Gasteiger partial charge in [0.2, 0.25) is 0 Å². The zero-order valence-electron chi connectivity index (χ0n) is 21.9. The van der Waals surface area contributed by atoms with Gasteiger partial charge < -0.3 is 24.5 Å². The second-order valence-electron chi connectivity index (χ2n) is 8.92. The van der Waals surface area contributed by atoms with Crippen molar-refractivity contribution >= 4 is 34.6 Å². The maximum absolute atomic E-state index is 12.7. The molecule has 1 atom stereocenters. The maximum atomic E-state index is 12.7.